The molecule has 1 aliphatic carbocycles. The van der Waals surface area contributed by atoms with Crippen molar-refractivity contribution in [2.45, 2.75) is 62.6 Å². The number of esters is 1. The molecule has 1 saturated heterocycles. The van der Waals surface area contributed by atoms with Gasteiger partial charge in [-0.2, -0.15) is 0 Å². The van der Waals surface area contributed by atoms with Crippen molar-refractivity contribution in [3.05, 3.63) is 24.3 Å². The predicted octanol–water partition coefficient (Wildman–Crippen LogP) is 1.97. The third kappa shape index (κ3) is 4.86. The molecule has 0 spiro atoms. The van der Waals surface area contributed by atoms with Gasteiger partial charge in [0.2, 0.25) is 15.8 Å². The molecular formula is C22H32N4O6S. The molecule has 1 N–H and O–H groups in total. The summed E-state index contributed by atoms with van der Waals surface area (Å²) in [6.07, 6.45) is 5.26. The van der Waals surface area contributed by atoms with E-state index in [1.807, 2.05) is 6.92 Å². The smallest absolute Gasteiger partial charge is 0.374 e. The van der Waals surface area contributed by atoms with Gasteiger partial charge in [0.25, 0.3) is 0 Å². The minimum atomic E-state index is -3.82. The molecule has 1 saturated carbocycles. The number of carbonyl (C=O) groups is 1. The first-order valence-corrected chi connectivity index (χ1v) is 12.8. The van der Waals surface area contributed by atoms with Crippen LogP contribution in [0.2, 0.25) is 0 Å². The van der Waals surface area contributed by atoms with Gasteiger partial charge in [0, 0.05) is 25.4 Å². The van der Waals surface area contributed by atoms with Crippen LogP contribution >= 0.6 is 0 Å². The van der Waals surface area contributed by atoms with Crippen molar-refractivity contribution in [2.24, 2.45) is 0 Å². The molecule has 0 aromatic carbocycles. The quantitative estimate of drug-likeness (QED) is 0.543. The van der Waals surface area contributed by atoms with Crippen LogP contribution in [0.3, 0.4) is 0 Å². The number of sulfonamides is 1. The van der Waals surface area contributed by atoms with Gasteiger partial charge < -0.3 is 19.1 Å². The highest BCUT2D eigenvalue weighted by molar-refractivity contribution is 7.89. The van der Waals surface area contributed by atoms with Crippen molar-refractivity contribution in [1.82, 2.24) is 14.1 Å². The van der Waals surface area contributed by atoms with Crippen LogP contribution in [-0.2, 0) is 24.2 Å². The Bertz CT molecular complexity index is 1130. The van der Waals surface area contributed by atoms with Crippen molar-refractivity contribution in [3.8, 4) is 0 Å². The van der Waals surface area contributed by atoms with Crippen molar-refractivity contribution >= 4 is 27.2 Å². The Morgan fingerprint density at radius 2 is 2.12 bits per heavy atom. The molecular weight excluding hydrogens is 448 g/mol. The number of aromatic nitrogens is 2. The van der Waals surface area contributed by atoms with E-state index in [9.17, 15) is 13.2 Å². The Labute approximate surface area is 194 Å². The molecule has 33 heavy (non-hydrogen) atoms. The summed E-state index contributed by atoms with van der Waals surface area (Å²) < 4.78 is 47.3. The molecule has 2 aliphatic rings. The molecule has 4 rings (SSSR count). The van der Waals surface area contributed by atoms with Crippen molar-refractivity contribution in [3.63, 3.8) is 0 Å². The molecule has 2 aromatic heterocycles. The van der Waals surface area contributed by atoms with Gasteiger partial charge in [0.1, 0.15) is 4.90 Å². The SMILES string of the molecule is CCOC(=O)c1ncc2c(N3C[C@H](COC)OC[C@@H]3CC)cc(S(=O)(=O)NC3(C)CC3)cn12. The van der Waals surface area contributed by atoms with Crippen LogP contribution in [0.1, 0.15) is 50.7 Å². The molecule has 11 heteroatoms. The van der Waals surface area contributed by atoms with Crippen LogP contribution in [0.15, 0.2) is 23.4 Å². The highest BCUT2D eigenvalue weighted by Crippen LogP contribution is 2.37. The molecule has 0 unspecified atom stereocenters. The largest absolute Gasteiger partial charge is 0.460 e. The second kappa shape index (κ2) is 9.21. The molecule has 0 amide bonds. The lowest BCUT2D eigenvalue weighted by Gasteiger charge is -2.41. The Hall–Kier alpha value is -2.21. The molecule has 182 valence electrons. The van der Waals surface area contributed by atoms with Crippen LogP contribution in [0.25, 0.3) is 5.52 Å². The van der Waals surface area contributed by atoms with Crippen LogP contribution in [0.4, 0.5) is 5.69 Å². The fourth-order valence-electron chi connectivity index (χ4n) is 4.13. The number of fused-ring (bicyclic) bond motifs is 1. The molecule has 3 heterocycles. The maximum atomic E-state index is 13.3. The average Bonchev–Trinajstić information content (AvgIpc) is 3.32. The summed E-state index contributed by atoms with van der Waals surface area (Å²) in [6, 6.07) is 1.70. The number of methoxy groups -OCH3 is 1. The third-order valence-electron chi connectivity index (χ3n) is 6.24. The maximum Gasteiger partial charge on any atom is 0.374 e. The van der Waals surface area contributed by atoms with E-state index >= 15 is 0 Å². The fraction of sp³-hybridized carbons (Fsp3) is 0.636. The van der Waals surface area contributed by atoms with Gasteiger partial charge in [-0.1, -0.05) is 6.92 Å². The first-order valence-electron chi connectivity index (χ1n) is 11.3. The van der Waals surface area contributed by atoms with E-state index in [-0.39, 0.29) is 29.5 Å². The summed E-state index contributed by atoms with van der Waals surface area (Å²) in [7, 11) is -2.20. The standard InChI is InChI=1S/C22H32N4O6S/c1-5-15-13-32-16(14-30-4)11-25(15)18-9-17(33(28,29)24-22(3)7-8-22)12-26-19(18)10-23-20(26)21(27)31-6-2/h9-10,12,15-16,24H,5-8,11,13-14H2,1-4H3/t15-,16+/m0/s1. The highest BCUT2D eigenvalue weighted by Gasteiger charge is 2.42. The van der Waals surface area contributed by atoms with E-state index in [1.54, 1.807) is 26.3 Å². The van der Waals surface area contributed by atoms with E-state index in [1.165, 1.54) is 10.6 Å². The first-order chi connectivity index (χ1) is 15.7. The van der Waals surface area contributed by atoms with Gasteiger partial charge in [-0.25, -0.2) is 22.9 Å². The molecule has 0 bridgehead atoms. The fourth-order valence-corrected chi connectivity index (χ4v) is 5.61. The van der Waals surface area contributed by atoms with Crippen molar-refractivity contribution in [2.75, 3.05) is 38.4 Å². The van der Waals surface area contributed by atoms with E-state index in [2.05, 4.69) is 21.5 Å². The molecule has 0 radical (unpaired) electrons. The number of nitrogens with one attached hydrogen (secondary N) is 1. The van der Waals surface area contributed by atoms with E-state index in [0.29, 0.717) is 31.0 Å². The molecule has 2 fully saturated rings. The van der Waals surface area contributed by atoms with Gasteiger partial charge in [0.15, 0.2) is 0 Å². The monoisotopic (exact) mass is 480 g/mol. The lowest BCUT2D eigenvalue weighted by atomic mass is 10.1. The summed E-state index contributed by atoms with van der Waals surface area (Å²) in [6.45, 7) is 7.29. The zero-order valence-electron chi connectivity index (χ0n) is 19.5. The minimum absolute atomic E-state index is 0.0368. The summed E-state index contributed by atoms with van der Waals surface area (Å²) in [4.78, 5) is 19.0. The molecule has 10 nitrogen and oxygen atoms in total. The number of hydrogen-bond donors (Lipinski definition) is 1. The zero-order valence-corrected chi connectivity index (χ0v) is 20.4. The van der Waals surface area contributed by atoms with E-state index in [4.69, 9.17) is 14.2 Å². The molecule has 2 atom stereocenters. The lowest BCUT2D eigenvalue weighted by Crippen LogP contribution is -2.51. The van der Waals surface area contributed by atoms with Gasteiger partial charge in [-0.05, 0) is 39.2 Å². The van der Waals surface area contributed by atoms with Gasteiger partial charge in [-0.3, -0.25) is 4.40 Å². The topological polar surface area (TPSA) is 111 Å². The Morgan fingerprint density at radius 3 is 2.76 bits per heavy atom. The maximum absolute atomic E-state index is 13.3. The third-order valence-corrected chi connectivity index (χ3v) is 7.85. The second-order valence-electron chi connectivity index (χ2n) is 8.91. The summed E-state index contributed by atoms with van der Waals surface area (Å²) >= 11 is 0. The lowest BCUT2D eigenvalue weighted by molar-refractivity contribution is -0.0249. The molecule has 1 aliphatic heterocycles. The number of nitrogens with zero attached hydrogens (tertiary/aromatic N) is 3. The summed E-state index contributed by atoms with van der Waals surface area (Å²) in [5.41, 5.74) is 0.880. The molecule has 2 aromatic rings. The number of morpholine rings is 1. The van der Waals surface area contributed by atoms with E-state index in [0.717, 1.165) is 19.3 Å². The van der Waals surface area contributed by atoms with Crippen LogP contribution in [0, 0.1) is 0 Å². The normalized spacial score (nSPS) is 22.5. The number of anilines is 1. The van der Waals surface area contributed by atoms with Gasteiger partial charge in [-0.15, -0.1) is 0 Å². The predicted molar refractivity (Wildman–Crippen MR) is 122 cm³/mol. The van der Waals surface area contributed by atoms with Crippen molar-refractivity contribution in [1.29, 1.82) is 0 Å². The number of rotatable bonds is 9. The number of ether oxygens (including phenoxy) is 3. The minimum Gasteiger partial charge on any atom is -0.460 e. The number of imidazole rings is 1. The van der Waals surface area contributed by atoms with Crippen LogP contribution in [-0.4, -0.2) is 74.9 Å². The number of hydrogen-bond acceptors (Lipinski definition) is 8. The Kier molecular flexibility index (Phi) is 6.68. The second-order valence-corrected chi connectivity index (χ2v) is 10.6. The van der Waals surface area contributed by atoms with Gasteiger partial charge in [0.05, 0.1) is 49.4 Å². The van der Waals surface area contributed by atoms with Crippen molar-refractivity contribution < 1.29 is 27.4 Å². The number of pyridine rings is 1. The summed E-state index contributed by atoms with van der Waals surface area (Å²) in [5.74, 6) is -0.566. The first kappa shape index (κ1) is 23.9. The highest BCUT2D eigenvalue weighted by atomic mass is 32.2. The van der Waals surface area contributed by atoms with Gasteiger partial charge >= 0.3 is 5.97 Å². The number of carbonyl (C=O) groups excluding carboxylic acids is 1. The zero-order chi connectivity index (χ0) is 23.8. The van der Waals surface area contributed by atoms with Crippen LogP contribution in [0.5, 0.6) is 0 Å². The Balaban J connectivity index is 1.85. The Morgan fingerprint density at radius 1 is 1.36 bits per heavy atom. The summed E-state index contributed by atoms with van der Waals surface area (Å²) in [5, 5.41) is 0. The van der Waals surface area contributed by atoms with E-state index < -0.39 is 21.5 Å². The van der Waals surface area contributed by atoms with Crippen LogP contribution < -0.4 is 9.62 Å². The average molecular weight is 481 g/mol.